The molecule has 0 radical (unpaired) electrons. The van der Waals surface area contributed by atoms with Crippen molar-refractivity contribution in [2.24, 2.45) is 5.10 Å². The van der Waals surface area contributed by atoms with Gasteiger partial charge in [-0.15, -0.1) is 0 Å². The predicted molar refractivity (Wildman–Crippen MR) is 55.2 cm³/mol. The van der Waals surface area contributed by atoms with Crippen molar-refractivity contribution in [3.63, 3.8) is 0 Å². The monoisotopic (exact) mass is 174 g/mol. The van der Waals surface area contributed by atoms with E-state index >= 15 is 0 Å². The number of rotatable bonds is 1. The molecule has 0 amide bonds. The van der Waals surface area contributed by atoms with Crippen molar-refractivity contribution in [3.8, 4) is 0 Å². The standard InChI is InChI=1S/C11H14N2/c1-8-3-9(2)5-10(4-8)11-6-12-13-7-11/h3-6,11,13H,7H2,1-2H3. The highest BCUT2D eigenvalue weighted by atomic mass is 15.3. The molecule has 2 heteroatoms. The molecule has 0 saturated carbocycles. The Bertz CT molecular complexity index is 322. The average Bonchev–Trinajstić information content (AvgIpc) is 2.53. The maximum absolute atomic E-state index is 4.03. The molecule has 1 unspecified atom stereocenters. The summed E-state index contributed by atoms with van der Waals surface area (Å²) in [6.07, 6.45) is 1.98. The van der Waals surface area contributed by atoms with Gasteiger partial charge in [0.25, 0.3) is 0 Å². The van der Waals surface area contributed by atoms with Gasteiger partial charge in [-0.2, -0.15) is 5.10 Å². The fourth-order valence-electron chi connectivity index (χ4n) is 1.77. The van der Waals surface area contributed by atoms with Crippen LogP contribution in [-0.2, 0) is 0 Å². The van der Waals surface area contributed by atoms with E-state index in [4.69, 9.17) is 0 Å². The van der Waals surface area contributed by atoms with Gasteiger partial charge in [-0.25, -0.2) is 0 Å². The fraction of sp³-hybridized carbons (Fsp3) is 0.364. The molecule has 0 spiro atoms. The summed E-state index contributed by atoms with van der Waals surface area (Å²) in [6.45, 7) is 5.20. The normalized spacial score (nSPS) is 20.3. The van der Waals surface area contributed by atoms with Crippen molar-refractivity contribution in [3.05, 3.63) is 34.9 Å². The number of nitrogens with one attached hydrogen (secondary N) is 1. The van der Waals surface area contributed by atoms with Gasteiger partial charge in [-0.3, -0.25) is 0 Å². The maximum Gasteiger partial charge on any atom is 0.0448 e. The second-order valence-electron chi connectivity index (χ2n) is 3.67. The molecule has 0 bridgehead atoms. The van der Waals surface area contributed by atoms with Gasteiger partial charge >= 0.3 is 0 Å². The minimum absolute atomic E-state index is 0.457. The van der Waals surface area contributed by atoms with Crippen LogP contribution in [0.5, 0.6) is 0 Å². The van der Waals surface area contributed by atoms with Crippen LogP contribution in [0.3, 0.4) is 0 Å². The van der Waals surface area contributed by atoms with Gasteiger partial charge in [0.2, 0.25) is 0 Å². The minimum Gasteiger partial charge on any atom is -0.309 e. The van der Waals surface area contributed by atoms with Crippen LogP contribution in [0.25, 0.3) is 0 Å². The lowest BCUT2D eigenvalue weighted by Crippen LogP contribution is -2.08. The van der Waals surface area contributed by atoms with Crippen LogP contribution in [0.1, 0.15) is 22.6 Å². The van der Waals surface area contributed by atoms with Gasteiger partial charge < -0.3 is 5.43 Å². The first kappa shape index (κ1) is 8.30. The van der Waals surface area contributed by atoms with Crippen LogP contribution in [-0.4, -0.2) is 12.8 Å². The first-order valence-corrected chi connectivity index (χ1v) is 4.60. The van der Waals surface area contributed by atoms with E-state index in [1.54, 1.807) is 0 Å². The van der Waals surface area contributed by atoms with Gasteiger partial charge in [-0.1, -0.05) is 29.3 Å². The highest BCUT2D eigenvalue weighted by Crippen LogP contribution is 2.18. The third-order valence-corrected chi connectivity index (χ3v) is 2.33. The van der Waals surface area contributed by atoms with Crippen molar-refractivity contribution in [2.75, 3.05) is 6.54 Å². The van der Waals surface area contributed by atoms with Crippen molar-refractivity contribution in [1.82, 2.24) is 5.43 Å². The first-order valence-electron chi connectivity index (χ1n) is 4.60. The Morgan fingerprint density at radius 1 is 1.23 bits per heavy atom. The van der Waals surface area contributed by atoms with E-state index in [0.717, 1.165) is 6.54 Å². The molecule has 1 heterocycles. The zero-order valence-electron chi connectivity index (χ0n) is 8.04. The lowest BCUT2D eigenvalue weighted by atomic mass is 9.97. The van der Waals surface area contributed by atoms with Crippen LogP contribution in [0.4, 0.5) is 0 Å². The topological polar surface area (TPSA) is 24.4 Å². The summed E-state index contributed by atoms with van der Waals surface area (Å²) in [5.74, 6) is 0.457. The van der Waals surface area contributed by atoms with E-state index in [1.807, 2.05) is 6.21 Å². The Labute approximate surface area is 78.7 Å². The molecule has 0 fully saturated rings. The summed E-state index contributed by atoms with van der Waals surface area (Å²) in [5.41, 5.74) is 7.00. The van der Waals surface area contributed by atoms with Gasteiger partial charge in [-0.05, 0) is 19.4 Å². The number of nitrogens with zero attached hydrogens (tertiary/aromatic N) is 1. The second kappa shape index (κ2) is 3.21. The highest BCUT2D eigenvalue weighted by Gasteiger charge is 2.12. The van der Waals surface area contributed by atoms with E-state index in [9.17, 15) is 0 Å². The SMILES string of the molecule is Cc1cc(C)cc(C2C=NNC2)c1. The van der Waals surface area contributed by atoms with E-state index in [-0.39, 0.29) is 0 Å². The first-order chi connectivity index (χ1) is 6.25. The Balaban J connectivity index is 2.34. The lowest BCUT2D eigenvalue weighted by molar-refractivity contribution is 0.763. The zero-order valence-corrected chi connectivity index (χ0v) is 8.04. The summed E-state index contributed by atoms with van der Waals surface area (Å²) in [5, 5.41) is 4.03. The number of hydrogen-bond donors (Lipinski definition) is 1. The number of benzene rings is 1. The third-order valence-electron chi connectivity index (χ3n) is 2.33. The average molecular weight is 174 g/mol. The van der Waals surface area contributed by atoms with Crippen LogP contribution >= 0.6 is 0 Å². The fourth-order valence-corrected chi connectivity index (χ4v) is 1.77. The molecule has 0 saturated heterocycles. The molecule has 2 nitrogen and oxygen atoms in total. The molecule has 1 aliphatic rings. The summed E-state index contributed by atoms with van der Waals surface area (Å²) < 4.78 is 0. The number of hydrazone groups is 1. The van der Waals surface area contributed by atoms with Crippen molar-refractivity contribution in [2.45, 2.75) is 19.8 Å². The van der Waals surface area contributed by atoms with E-state index < -0.39 is 0 Å². The molecule has 13 heavy (non-hydrogen) atoms. The third kappa shape index (κ3) is 1.72. The molecule has 1 N–H and O–H groups in total. The minimum atomic E-state index is 0.457. The molecule has 2 rings (SSSR count). The van der Waals surface area contributed by atoms with Crippen molar-refractivity contribution < 1.29 is 0 Å². The summed E-state index contributed by atoms with van der Waals surface area (Å²) >= 11 is 0. The van der Waals surface area contributed by atoms with E-state index in [2.05, 4.69) is 42.6 Å². The molecule has 1 atom stereocenters. The maximum atomic E-state index is 4.03. The molecule has 1 aromatic rings. The van der Waals surface area contributed by atoms with Gasteiger partial charge in [0, 0.05) is 18.7 Å². The molecule has 68 valence electrons. The second-order valence-corrected chi connectivity index (χ2v) is 3.67. The Kier molecular flexibility index (Phi) is 2.05. The largest absolute Gasteiger partial charge is 0.309 e. The molecular formula is C11H14N2. The van der Waals surface area contributed by atoms with Crippen molar-refractivity contribution in [1.29, 1.82) is 0 Å². The summed E-state index contributed by atoms with van der Waals surface area (Å²) in [4.78, 5) is 0. The number of hydrogen-bond acceptors (Lipinski definition) is 2. The van der Waals surface area contributed by atoms with Crippen LogP contribution in [0.15, 0.2) is 23.3 Å². The molecule has 1 aliphatic heterocycles. The lowest BCUT2D eigenvalue weighted by Gasteiger charge is -2.08. The summed E-state index contributed by atoms with van der Waals surface area (Å²) in [6, 6.07) is 6.66. The van der Waals surface area contributed by atoms with Crippen molar-refractivity contribution >= 4 is 6.21 Å². The van der Waals surface area contributed by atoms with E-state index in [1.165, 1.54) is 16.7 Å². The Morgan fingerprint density at radius 2 is 1.92 bits per heavy atom. The van der Waals surface area contributed by atoms with Crippen LogP contribution < -0.4 is 5.43 Å². The highest BCUT2D eigenvalue weighted by molar-refractivity contribution is 5.70. The van der Waals surface area contributed by atoms with Crippen LogP contribution in [0, 0.1) is 13.8 Å². The van der Waals surface area contributed by atoms with E-state index in [0.29, 0.717) is 5.92 Å². The Morgan fingerprint density at radius 3 is 2.46 bits per heavy atom. The van der Waals surface area contributed by atoms with Gasteiger partial charge in [0.1, 0.15) is 0 Å². The predicted octanol–water partition coefficient (Wildman–Crippen LogP) is 1.98. The van der Waals surface area contributed by atoms with Gasteiger partial charge in [0.05, 0.1) is 0 Å². The van der Waals surface area contributed by atoms with Gasteiger partial charge in [0.15, 0.2) is 0 Å². The molecular weight excluding hydrogens is 160 g/mol. The number of aryl methyl sites for hydroxylation is 2. The molecule has 0 aromatic heterocycles. The quantitative estimate of drug-likeness (QED) is 0.691. The Hall–Kier alpha value is -1.31. The molecule has 1 aromatic carbocycles. The van der Waals surface area contributed by atoms with Crippen LogP contribution in [0.2, 0.25) is 0 Å². The zero-order chi connectivity index (χ0) is 9.26. The molecule has 0 aliphatic carbocycles. The smallest absolute Gasteiger partial charge is 0.0448 e. The summed E-state index contributed by atoms with van der Waals surface area (Å²) in [7, 11) is 0.